The predicted octanol–water partition coefficient (Wildman–Crippen LogP) is 1.47. The first kappa shape index (κ1) is 7.83. The van der Waals surface area contributed by atoms with Crippen molar-refractivity contribution in [2.45, 2.75) is 29.6 Å². The first-order valence-electron chi connectivity index (χ1n) is 3.96. The van der Waals surface area contributed by atoms with E-state index in [1.54, 1.807) is 0 Å². The summed E-state index contributed by atoms with van der Waals surface area (Å²) < 4.78 is 0.557. The standard InChI is InChI=1S/C8H12INO/c1-5(6(10)11)7-2-8(9,3-7)4-7/h5H,2-4H2,1H3,(H2,10,11). The number of alkyl halides is 1. The highest BCUT2D eigenvalue weighted by Crippen LogP contribution is 2.74. The summed E-state index contributed by atoms with van der Waals surface area (Å²) in [5.74, 6) is -0.0257. The summed E-state index contributed by atoms with van der Waals surface area (Å²) in [6.07, 6.45) is 3.64. The Morgan fingerprint density at radius 3 is 2.27 bits per heavy atom. The molecule has 3 aliphatic carbocycles. The lowest BCUT2D eigenvalue weighted by Crippen LogP contribution is -2.67. The average Bonchev–Trinajstić information content (AvgIpc) is 1.77. The molecule has 0 aromatic heterocycles. The van der Waals surface area contributed by atoms with Gasteiger partial charge in [0.15, 0.2) is 0 Å². The summed E-state index contributed by atoms with van der Waals surface area (Å²) in [4.78, 5) is 10.9. The largest absolute Gasteiger partial charge is 0.369 e. The summed E-state index contributed by atoms with van der Waals surface area (Å²) in [6.45, 7) is 1.97. The molecule has 3 saturated carbocycles. The van der Waals surface area contributed by atoms with Crippen LogP contribution in [0.25, 0.3) is 0 Å². The van der Waals surface area contributed by atoms with Gasteiger partial charge in [-0.25, -0.2) is 0 Å². The fourth-order valence-electron chi connectivity index (χ4n) is 2.50. The van der Waals surface area contributed by atoms with E-state index < -0.39 is 0 Å². The number of hydrogen-bond donors (Lipinski definition) is 1. The number of rotatable bonds is 2. The minimum absolute atomic E-state index is 0.0964. The van der Waals surface area contributed by atoms with Gasteiger partial charge in [-0.2, -0.15) is 0 Å². The van der Waals surface area contributed by atoms with E-state index in [1.165, 1.54) is 19.3 Å². The molecule has 3 heteroatoms. The van der Waals surface area contributed by atoms with Crippen LogP contribution in [0.3, 0.4) is 0 Å². The van der Waals surface area contributed by atoms with Crippen molar-refractivity contribution in [3.8, 4) is 0 Å². The summed E-state index contributed by atoms with van der Waals surface area (Å²) in [7, 11) is 0. The molecule has 3 rings (SSSR count). The molecule has 2 N–H and O–H groups in total. The Morgan fingerprint density at radius 1 is 1.55 bits per heavy atom. The Balaban J connectivity index is 2.04. The molecule has 2 nitrogen and oxygen atoms in total. The first-order valence-corrected chi connectivity index (χ1v) is 5.04. The van der Waals surface area contributed by atoms with E-state index in [9.17, 15) is 4.79 Å². The highest BCUT2D eigenvalue weighted by atomic mass is 127. The van der Waals surface area contributed by atoms with Crippen LogP contribution < -0.4 is 5.73 Å². The second-order valence-electron chi connectivity index (χ2n) is 4.17. The predicted molar refractivity (Wildman–Crippen MR) is 51.4 cm³/mol. The Labute approximate surface area is 80.0 Å². The monoisotopic (exact) mass is 265 g/mol. The lowest BCUT2D eigenvalue weighted by Gasteiger charge is -2.70. The molecule has 0 saturated heterocycles. The fraction of sp³-hybridized carbons (Fsp3) is 0.875. The van der Waals surface area contributed by atoms with Crippen molar-refractivity contribution in [1.82, 2.24) is 0 Å². The van der Waals surface area contributed by atoms with Crippen molar-refractivity contribution < 1.29 is 4.79 Å². The van der Waals surface area contributed by atoms with E-state index in [2.05, 4.69) is 22.6 Å². The summed E-state index contributed by atoms with van der Waals surface area (Å²) in [6, 6.07) is 0. The molecule has 1 atom stereocenters. The minimum atomic E-state index is -0.122. The average molecular weight is 265 g/mol. The Kier molecular flexibility index (Phi) is 1.37. The molecule has 0 radical (unpaired) electrons. The molecule has 1 unspecified atom stereocenters. The highest BCUT2D eigenvalue weighted by molar-refractivity contribution is 14.1. The second kappa shape index (κ2) is 1.92. The van der Waals surface area contributed by atoms with E-state index in [1.807, 2.05) is 6.92 Å². The SMILES string of the molecule is CC(C(N)=O)C12CC(I)(C1)C2. The van der Waals surface area contributed by atoms with E-state index in [-0.39, 0.29) is 11.8 Å². The Hall–Kier alpha value is 0.200. The molecule has 0 spiro atoms. The molecule has 0 aliphatic heterocycles. The maximum Gasteiger partial charge on any atom is 0.220 e. The second-order valence-corrected chi connectivity index (χ2v) is 6.46. The van der Waals surface area contributed by atoms with Crippen molar-refractivity contribution in [3.63, 3.8) is 0 Å². The maximum atomic E-state index is 10.9. The quantitative estimate of drug-likeness (QED) is 0.596. The number of carbonyl (C=O) groups is 1. The van der Waals surface area contributed by atoms with Crippen molar-refractivity contribution in [2.75, 3.05) is 0 Å². The van der Waals surface area contributed by atoms with Gasteiger partial charge in [0.1, 0.15) is 0 Å². The molecular formula is C8H12INO. The van der Waals surface area contributed by atoms with Gasteiger partial charge in [-0.15, -0.1) is 0 Å². The van der Waals surface area contributed by atoms with Crippen LogP contribution in [0.1, 0.15) is 26.2 Å². The topological polar surface area (TPSA) is 43.1 Å². The van der Waals surface area contributed by atoms with Crippen LogP contribution in [0.5, 0.6) is 0 Å². The molecule has 3 fully saturated rings. The van der Waals surface area contributed by atoms with Crippen LogP contribution in [0.4, 0.5) is 0 Å². The van der Waals surface area contributed by atoms with E-state index in [0.29, 0.717) is 8.84 Å². The van der Waals surface area contributed by atoms with Crippen LogP contribution in [-0.4, -0.2) is 9.33 Å². The van der Waals surface area contributed by atoms with Gasteiger partial charge in [0, 0.05) is 9.34 Å². The molecule has 3 aliphatic rings. The zero-order valence-electron chi connectivity index (χ0n) is 6.56. The summed E-state index contributed by atoms with van der Waals surface area (Å²) in [5, 5.41) is 0. The molecule has 0 aromatic rings. The zero-order valence-corrected chi connectivity index (χ0v) is 8.72. The molecule has 2 bridgehead atoms. The van der Waals surface area contributed by atoms with Gasteiger partial charge in [-0.3, -0.25) is 4.79 Å². The van der Waals surface area contributed by atoms with Gasteiger partial charge in [0.25, 0.3) is 0 Å². The van der Waals surface area contributed by atoms with Crippen LogP contribution in [-0.2, 0) is 4.79 Å². The molecule has 1 amide bonds. The first-order chi connectivity index (χ1) is 4.98. The lowest BCUT2D eigenvalue weighted by molar-refractivity contribution is -0.146. The van der Waals surface area contributed by atoms with Gasteiger partial charge < -0.3 is 5.73 Å². The van der Waals surface area contributed by atoms with Crippen molar-refractivity contribution in [3.05, 3.63) is 0 Å². The normalized spacial score (nSPS) is 48.9. The molecule has 62 valence electrons. The number of amides is 1. The zero-order chi connectivity index (χ0) is 8.28. The van der Waals surface area contributed by atoms with E-state index in [0.717, 1.165) is 0 Å². The number of halogens is 1. The van der Waals surface area contributed by atoms with Crippen LogP contribution in [0.2, 0.25) is 0 Å². The molecule has 11 heavy (non-hydrogen) atoms. The third-order valence-corrected chi connectivity index (χ3v) is 4.50. The van der Waals surface area contributed by atoms with Crippen LogP contribution >= 0.6 is 22.6 Å². The Morgan fingerprint density at radius 2 is 2.00 bits per heavy atom. The van der Waals surface area contributed by atoms with Gasteiger partial charge in [-0.1, -0.05) is 29.5 Å². The van der Waals surface area contributed by atoms with Crippen LogP contribution in [0.15, 0.2) is 0 Å². The maximum absolute atomic E-state index is 10.9. The summed E-state index contributed by atoms with van der Waals surface area (Å²) >= 11 is 2.51. The smallest absolute Gasteiger partial charge is 0.220 e. The Bertz CT molecular complexity index is 206. The van der Waals surface area contributed by atoms with Gasteiger partial charge in [-0.05, 0) is 24.7 Å². The fourth-order valence-corrected chi connectivity index (χ4v) is 4.78. The minimum Gasteiger partial charge on any atom is -0.369 e. The third kappa shape index (κ3) is 0.862. The van der Waals surface area contributed by atoms with Gasteiger partial charge >= 0.3 is 0 Å². The van der Waals surface area contributed by atoms with Crippen molar-refractivity contribution in [1.29, 1.82) is 0 Å². The van der Waals surface area contributed by atoms with Crippen LogP contribution in [0, 0.1) is 11.3 Å². The number of hydrogen-bond acceptors (Lipinski definition) is 1. The van der Waals surface area contributed by atoms with E-state index >= 15 is 0 Å². The summed E-state index contributed by atoms with van der Waals surface area (Å²) in [5.41, 5.74) is 5.58. The van der Waals surface area contributed by atoms with Crippen molar-refractivity contribution >= 4 is 28.5 Å². The third-order valence-electron chi connectivity index (χ3n) is 3.35. The van der Waals surface area contributed by atoms with Gasteiger partial charge in [0.05, 0.1) is 0 Å². The lowest BCUT2D eigenvalue weighted by atomic mass is 9.40. The van der Waals surface area contributed by atoms with Gasteiger partial charge in [0.2, 0.25) is 5.91 Å². The molecule has 0 aromatic carbocycles. The van der Waals surface area contributed by atoms with Crippen molar-refractivity contribution in [2.24, 2.45) is 17.1 Å². The number of nitrogens with two attached hydrogens (primary N) is 1. The highest BCUT2D eigenvalue weighted by Gasteiger charge is 2.69. The number of carbonyl (C=O) groups excluding carboxylic acids is 1. The number of primary amides is 1. The molecule has 0 heterocycles. The van der Waals surface area contributed by atoms with E-state index in [4.69, 9.17) is 5.73 Å². The molecular weight excluding hydrogens is 253 g/mol.